The number of carbonyl (C=O) groups excluding carboxylic acids is 1. The van der Waals surface area contributed by atoms with Crippen molar-refractivity contribution in [3.8, 4) is 6.07 Å². The van der Waals surface area contributed by atoms with Crippen LogP contribution in [0.15, 0.2) is 30.1 Å². The molecular weight excluding hydrogens is 230 g/mol. The first kappa shape index (κ1) is 13.9. The number of methoxy groups -OCH3 is 1. The average molecular weight is 245 g/mol. The van der Waals surface area contributed by atoms with Gasteiger partial charge in [0, 0.05) is 32.7 Å². The molecular formula is C13H15N3O2. The van der Waals surface area contributed by atoms with Crippen LogP contribution in [0.4, 0.5) is 0 Å². The minimum absolute atomic E-state index is 0.0698. The van der Waals surface area contributed by atoms with Crippen molar-refractivity contribution in [2.24, 2.45) is 0 Å². The molecule has 1 amide bonds. The van der Waals surface area contributed by atoms with Crippen LogP contribution in [-0.4, -0.2) is 31.2 Å². The van der Waals surface area contributed by atoms with Crippen molar-refractivity contribution < 1.29 is 9.53 Å². The monoisotopic (exact) mass is 245 g/mol. The predicted molar refractivity (Wildman–Crippen MR) is 67.3 cm³/mol. The number of hydrogen-bond donors (Lipinski definition) is 1. The van der Waals surface area contributed by atoms with E-state index in [1.54, 1.807) is 31.6 Å². The summed E-state index contributed by atoms with van der Waals surface area (Å²) in [5, 5.41) is 11.6. The number of nitrogens with zero attached hydrogens (tertiary/aromatic N) is 2. The molecule has 18 heavy (non-hydrogen) atoms. The summed E-state index contributed by atoms with van der Waals surface area (Å²) in [6.45, 7) is 1.06. The molecule has 94 valence electrons. The molecule has 1 aromatic rings. The van der Waals surface area contributed by atoms with Gasteiger partial charge in [-0.1, -0.05) is 6.07 Å². The van der Waals surface area contributed by atoms with Gasteiger partial charge in [0.1, 0.15) is 11.6 Å². The number of hydrogen-bond acceptors (Lipinski definition) is 4. The summed E-state index contributed by atoms with van der Waals surface area (Å²) in [5.74, 6) is -0.377. The van der Waals surface area contributed by atoms with Gasteiger partial charge >= 0.3 is 0 Å². The third-order valence-corrected chi connectivity index (χ3v) is 2.17. The van der Waals surface area contributed by atoms with Gasteiger partial charge in [-0.05, 0) is 24.1 Å². The second kappa shape index (κ2) is 7.98. The summed E-state index contributed by atoms with van der Waals surface area (Å²) < 4.78 is 4.87. The van der Waals surface area contributed by atoms with E-state index in [9.17, 15) is 4.79 Å². The van der Waals surface area contributed by atoms with Crippen LogP contribution in [0.1, 0.15) is 12.0 Å². The van der Waals surface area contributed by atoms with E-state index >= 15 is 0 Å². The van der Waals surface area contributed by atoms with Gasteiger partial charge in [-0.3, -0.25) is 9.78 Å². The third kappa shape index (κ3) is 4.76. The first-order chi connectivity index (χ1) is 8.77. The normalized spacial score (nSPS) is 10.8. The topological polar surface area (TPSA) is 75.0 Å². The molecule has 5 heteroatoms. The highest BCUT2D eigenvalue weighted by Crippen LogP contribution is 2.04. The Balaban J connectivity index is 2.58. The molecule has 0 unspecified atom stereocenters. The van der Waals surface area contributed by atoms with E-state index in [1.807, 2.05) is 6.07 Å². The summed E-state index contributed by atoms with van der Waals surface area (Å²) in [6.07, 6.45) is 5.45. The quantitative estimate of drug-likeness (QED) is 0.463. The first-order valence-electron chi connectivity index (χ1n) is 5.57. The van der Waals surface area contributed by atoms with Gasteiger partial charge in [0.05, 0.1) is 0 Å². The van der Waals surface area contributed by atoms with Crippen LogP contribution in [0.3, 0.4) is 0 Å². The van der Waals surface area contributed by atoms with Gasteiger partial charge in [-0.2, -0.15) is 5.26 Å². The van der Waals surface area contributed by atoms with Crippen molar-refractivity contribution in [3.63, 3.8) is 0 Å². The molecule has 1 rings (SSSR count). The van der Waals surface area contributed by atoms with Crippen LogP contribution in [0.5, 0.6) is 0 Å². The number of pyridine rings is 1. The average Bonchev–Trinajstić information content (AvgIpc) is 2.42. The molecule has 0 aliphatic heterocycles. The Hall–Kier alpha value is -2.19. The fraction of sp³-hybridized carbons (Fsp3) is 0.308. The van der Waals surface area contributed by atoms with Crippen molar-refractivity contribution in [2.45, 2.75) is 6.42 Å². The highest BCUT2D eigenvalue weighted by Gasteiger charge is 2.07. The molecule has 0 radical (unpaired) electrons. The Kier molecular flexibility index (Phi) is 6.15. The molecule has 0 bridgehead atoms. The fourth-order valence-corrected chi connectivity index (χ4v) is 1.29. The SMILES string of the molecule is COCCCNC(=O)C(C#N)=Cc1cccnc1. The minimum Gasteiger partial charge on any atom is -0.385 e. The summed E-state index contributed by atoms with van der Waals surface area (Å²) in [4.78, 5) is 15.6. The van der Waals surface area contributed by atoms with Crippen molar-refractivity contribution in [1.29, 1.82) is 5.26 Å². The van der Waals surface area contributed by atoms with E-state index in [0.717, 1.165) is 5.56 Å². The zero-order valence-corrected chi connectivity index (χ0v) is 10.2. The summed E-state index contributed by atoms with van der Waals surface area (Å²) in [7, 11) is 1.60. The number of ether oxygens (including phenoxy) is 1. The number of nitrogens with one attached hydrogen (secondary N) is 1. The lowest BCUT2D eigenvalue weighted by atomic mass is 10.1. The molecule has 0 saturated carbocycles. The number of carbonyl (C=O) groups is 1. The maximum Gasteiger partial charge on any atom is 0.261 e. The van der Waals surface area contributed by atoms with E-state index < -0.39 is 0 Å². The van der Waals surface area contributed by atoms with E-state index in [-0.39, 0.29) is 11.5 Å². The Labute approximate surface area is 106 Å². The summed E-state index contributed by atoms with van der Waals surface area (Å²) >= 11 is 0. The van der Waals surface area contributed by atoms with E-state index in [2.05, 4.69) is 10.3 Å². The molecule has 1 N–H and O–H groups in total. The van der Waals surface area contributed by atoms with Gasteiger partial charge in [-0.25, -0.2) is 0 Å². The van der Waals surface area contributed by atoms with E-state index in [0.29, 0.717) is 19.6 Å². The van der Waals surface area contributed by atoms with Crippen molar-refractivity contribution >= 4 is 12.0 Å². The molecule has 1 aromatic heterocycles. The maximum atomic E-state index is 11.7. The lowest BCUT2D eigenvalue weighted by molar-refractivity contribution is -0.117. The smallest absolute Gasteiger partial charge is 0.261 e. The molecule has 0 saturated heterocycles. The van der Waals surface area contributed by atoms with E-state index in [4.69, 9.17) is 10.00 Å². The number of aromatic nitrogens is 1. The molecule has 0 spiro atoms. The second-order valence-electron chi connectivity index (χ2n) is 3.56. The highest BCUT2D eigenvalue weighted by atomic mass is 16.5. The number of rotatable bonds is 6. The van der Waals surface area contributed by atoms with Crippen molar-refractivity contribution in [1.82, 2.24) is 10.3 Å². The van der Waals surface area contributed by atoms with Crippen LogP contribution in [0, 0.1) is 11.3 Å². The zero-order valence-electron chi connectivity index (χ0n) is 10.2. The van der Waals surface area contributed by atoms with Crippen molar-refractivity contribution in [3.05, 3.63) is 35.7 Å². The predicted octanol–water partition coefficient (Wildman–Crippen LogP) is 1.14. The van der Waals surface area contributed by atoms with Crippen LogP contribution < -0.4 is 5.32 Å². The molecule has 0 atom stereocenters. The summed E-state index contributed by atoms with van der Waals surface area (Å²) in [5.41, 5.74) is 0.793. The minimum atomic E-state index is -0.377. The van der Waals surface area contributed by atoms with Crippen LogP contribution in [0.25, 0.3) is 6.08 Å². The summed E-state index contributed by atoms with van der Waals surface area (Å²) in [6, 6.07) is 5.41. The van der Waals surface area contributed by atoms with Crippen molar-refractivity contribution in [2.75, 3.05) is 20.3 Å². The van der Waals surface area contributed by atoms with Crippen LogP contribution >= 0.6 is 0 Å². The highest BCUT2D eigenvalue weighted by molar-refractivity contribution is 6.01. The van der Waals surface area contributed by atoms with Gasteiger partial charge < -0.3 is 10.1 Å². The lowest BCUT2D eigenvalue weighted by Gasteiger charge is -2.03. The van der Waals surface area contributed by atoms with Gasteiger partial charge in [-0.15, -0.1) is 0 Å². The van der Waals surface area contributed by atoms with E-state index in [1.165, 1.54) is 6.08 Å². The van der Waals surface area contributed by atoms with Gasteiger partial charge in [0.15, 0.2) is 0 Å². The molecule has 0 aliphatic carbocycles. The number of amides is 1. The zero-order chi connectivity index (χ0) is 13.2. The Morgan fingerprint density at radius 2 is 2.50 bits per heavy atom. The fourth-order valence-electron chi connectivity index (χ4n) is 1.29. The maximum absolute atomic E-state index is 11.7. The first-order valence-corrected chi connectivity index (χ1v) is 5.57. The molecule has 0 aliphatic rings. The third-order valence-electron chi connectivity index (χ3n) is 2.17. The Bertz CT molecular complexity index is 449. The Morgan fingerprint density at radius 1 is 1.67 bits per heavy atom. The molecule has 5 nitrogen and oxygen atoms in total. The van der Waals surface area contributed by atoms with Gasteiger partial charge in [0.2, 0.25) is 0 Å². The molecule has 1 heterocycles. The van der Waals surface area contributed by atoms with Crippen LogP contribution in [0.2, 0.25) is 0 Å². The largest absolute Gasteiger partial charge is 0.385 e. The lowest BCUT2D eigenvalue weighted by Crippen LogP contribution is -2.26. The number of nitriles is 1. The van der Waals surface area contributed by atoms with Crippen LogP contribution in [-0.2, 0) is 9.53 Å². The Morgan fingerprint density at radius 3 is 3.11 bits per heavy atom. The van der Waals surface area contributed by atoms with Gasteiger partial charge in [0.25, 0.3) is 5.91 Å². The molecule has 0 fully saturated rings. The molecule has 0 aromatic carbocycles. The second-order valence-corrected chi connectivity index (χ2v) is 3.56. The standard InChI is InChI=1S/C13H15N3O2/c1-18-7-3-6-16-13(17)12(9-14)8-11-4-2-5-15-10-11/h2,4-5,8,10H,3,6-7H2,1H3,(H,16,17).